The molecule has 1 atom stereocenters. The van der Waals surface area contributed by atoms with Crippen LogP contribution in [0.5, 0.6) is 0 Å². The standard InChI is InChI=1S/C10H14N4O5/c1-5-12-9(19-14-5)3-2-8(16)13-6(10(17)18)4-7(11)15/h6H,2-4H2,1H3,(H2,11,15)(H,13,16)(H,17,18)/t6-/m0/s1. The van der Waals surface area contributed by atoms with Crippen molar-refractivity contribution in [3.63, 3.8) is 0 Å². The molecule has 1 aromatic rings. The van der Waals surface area contributed by atoms with Crippen LogP contribution >= 0.6 is 0 Å². The van der Waals surface area contributed by atoms with Crippen LogP contribution in [0.4, 0.5) is 0 Å². The van der Waals surface area contributed by atoms with Crippen LogP contribution < -0.4 is 11.1 Å². The molecule has 0 bridgehead atoms. The van der Waals surface area contributed by atoms with Gasteiger partial charge < -0.3 is 20.7 Å². The lowest BCUT2D eigenvalue weighted by atomic mass is 10.2. The second-order valence-electron chi connectivity index (χ2n) is 3.86. The van der Waals surface area contributed by atoms with Gasteiger partial charge in [0, 0.05) is 12.8 Å². The molecule has 0 aliphatic carbocycles. The van der Waals surface area contributed by atoms with Crippen LogP contribution in [0, 0.1) is 6.92 Å². The van der Waals surface area contributed by atoms with Gasteiger partial charge in [-0.3, -0.25) is 9.59 Å². The lowest BCUT2D eigenvalue weighted by Crippen LogP contribution is -2.43. The Kier molecular flexibility index (Phi) is 4.98. The Hall–Kier alpha value is -2.45. The highest BCUT2D eigenvalue weighted by Crippen LogP contribution is 2.01. The number of nitrogens with zero attached hydrogens (tertiary/aromatic N) is 2. The molecule has 0 saturated heterocycles. The SMILES string of the molecule is Cc1noc(CCC(=O)N[C@@H](CC(N)=O)C(=O)O)n1. The van der Waals surface area contributed by atoms with Gasteiger partial charge in [-0.25, -0.2) is 4.79 Å². The van der Waals surface area contributed by atoms with E-state index in [1.807, 2.05) is 0 Å². The maximum atomic E-state index is 11.5. The molecule has 1 aromatic heterocycles. The molecule has 9 nitrogen and oxygen atoms in total. The number of primary amides is 1. The summed E-state index contributed by atoms with van der Waals surface area (Å²) in [5.74, 6) is -1.92. The van der Waals surface area contributed by atoms with Gasteiger partial charge in [0.2, 0.25) is 17.7 Å². The highest BCUT2D eigenvalue weighted by atomic mass is 16.5. The highest BCUT2D eigenvalue weighted by molar-refractivity contribution is 5.88. The molecule has 0 unspecified atom stereocenters. The van der Waals surface area contributed by atoms with E-state index in [1.54, 1.807) is 6.92 Å². The van der Waals surface area contributed by atoms with Gasteiger partial charge >= 0.3 is 5.97 Å². The monoisotopic (exact) mass is 270 g/mol. The number of carboxylic acids is 1. The molecule has 1 heterocycles. The lowest BCUT2D eigenvalue weighted by molar-refractivity contribution is -0.143. The molecule has 0 aliphatic rings. The van der Waals surface area contributed by atoms with Crippen molar-refractivity contribution >= 4 is 17.8 Å². The zero-order valence-corrected chi connectivity index (χ0v) is 10.3. The summed E-state index contributed by atoms with van der Waals surface area (Å²) in [6.07, 6.45) is -0.291. The quantitative estimate of drug-likeness (QED) is 0.560. The van der Waals surface area contributed by atoms with Gasteiger partial charge in [-0.05, 0) is 6.92 Å². The van der Waals surface area contributed by atoms with Crippen molar-refractivity contribution in [2.24, 2.45) is 5.73 Å². The van der Waals surface area contributed by atoms with E-state index in [4.69, 9.17) is 15.4 Å². The van der Waals surface area contributed by atoms with Gasteiger partial charge in [0.05, 0.1) is 6.42 Å². The summed E-state index contributed by atoms with van der Waals surface area (Å²) in [7, 11) is 0. The maximum absolute atomic E-state index is 11.5. The third-order valence-corrected chi connectivity index (χ3v) is 2.17. The molecule has 0 aliphatic heterocycles. The minimum absolute atomic E-state index is 0.0236. The van der Waals surface area contributed by atoms with E-state index < -0.39 is 30.2 Å². The van der Waals surface area contributed by atoms with Crippen LogP contribution in [0.25, 0.3) is 0 Å². The molecule has 4 N–H and O–H groups in total. The van der Waals surface area contributed by atoms with E-state index in [2.05, 4.69) is 15.5 Å². The van der Waals surface area contributed by atoms with Gasteiger partial charge in [0.25, 0.3) is 0 Å². The molecular weight excluding hydrogens is 256 g/mol. The second kappa shape index (κ2) is 6.47. The Balaban J connectivity index is 2.44. The Morgan fingerprint density at radius 1 is 1.47 bits per heavy atom. The molecule has 0 radical (unpaired) electrons. The minimum Gasteiger partial charge on any atom is -0.480 e. The normalized spacial score (nSPS) is 11.8. The molecule has 9 heteroatoms. The highest BCUT2D eigenvalue weighted by Gasteiger charge is 2.22. The fourth-order valence-corrected chi connectivity index (χ4v) is 1.33. The molecule has 19 heavy (non-hydrogen) atoms. The fraction of sp³-hybridized carbons (Fsp3) is 0.500. The van der Waals surface area contributed by atoms with Crippen molar-refractivity contribution in [1.82, 2.24) is 15.5 Å². The van der Waals surface area contributed by atoms with Crippen LogP contribution in [0.3, 0.4) is 0 Å². The molecule has 0 fully saturated rings. The van der Waals surface area contributed by atoms with Crippen molar-refractivity contribution in [2.45, 2.75) is 32.2 Å². The molecule has 0 spiro atoms. The number of amides is 2. The molecule has 1 rings (SSSR count). The maximum Gasteiger partial charge on any atom is 0.326 e. The van der Waals surface area contributed by atoms with Gasteiger partial charge in [-0.2, -0.15) is 4.98 Å². The van der Waals surface area contributed by atoms with E-state index in [9.17, 15) is 14.4 Å². The Bertz CT molecular complexity index is 484. The predicted molar refractivity (Wildman–Crippen MR) is 60.7 cm³/mol. The van der Waals surface area contributed by atoms with Crippen molar-refractivity contribution in [3.05, 3.63) is 11.7 Å². The van der Waals surface area contributed by atoms with Crippen LogP contribution in [-0.4, -0.2) is 39.1 Å². The number of aliphatic carboxylic acids is 1. The lowest BCUT2D eigenvalue weighted by Gasteiger charge is -2.12. The first-order valence-corrected chi connectivity index (χ1v) is 5.48. The van der Waals surface area contributed by atoms with Crippen LogP contribution in [-0.2, 0) is 20.8 Å². The number of aromatic nitrogens is 2. The smallest absolute Gasteiger partial charge is 0.326 e. The van der Waals surface area contributed by atoms with Crippen LogP contribution in [0.15, 0.2) is 4.52 Å². The van der Waals surface area contributed by atoms with Gasteiger partial charge in [0.15, 0.2) is 5.82 Å². The Morgan fingerprint density at radius 3 is 2.63 bits per heavy atom. The number of nitrogens with two attached hydrogens (primary N) is 1. The van der Waals surface area contributed by atoms with Crippen molar-refractivity contribution < 1.29 is 24.0 Å². The zero-order valence-electron chi connectivity index (χ0n) is 10.3. The third-order valence-electron chi connectivity index (χ3n) is 2.17. The van der Waals surface area contributed by atoms with E-state index in [1.165, 1.54) is 0 Å². The van der Waals surface area contributed by atoms with E-state index >= 15 is 0 Å². The summed E-state index contributed by atoms with van der Waals surface area (Å²) < 4.78 is 4.80. The van der Waals surface area contributed by atoms with Crippen molar-refractivity contribution in [3.8, 4) is 0 Å². The second-order valence-corrected chi connectivity index (χ2v) is 3.86. The van der Waals surface area contributed by atoms with Gasteiger partial charge in [0.1, 0.15) is 6.04 Å². The Morgan fingerprint density at radius 2 is 2.16 bits per heavy atom. The number of carboxylic acid groups (broad SMARTS) is 1. The molecule has 2 amide bonds. The van der Waals surface area contributed by atoms with E-state index in [0.29, 0.717) is 5.82 Å². The van der Waals surface area contributed by atoms with Gasteiger partial charge in [-0.1, -0.05) is 5.16 Å². The summed E-state index contributed by atoms with van der Waals surface area (Å²) in [6.45, 7) is 1.64. The summed E-state index contributed by atoms with van der Waals surface area (Å²) >= 11 is 0. The van der Waals surface area contributed by atoms with E-state index in [0.717, 1.165) is 0 Å². The number of hydrogen-bond acceptors (Lipinski definition) is 6. The predicted octanol–water partition coefficient (Wildman–Crippen LogP) is -1.24. The largest absolute Gasteiger partial charge is 0.480 e. The zero-order chi connectivity index (χ0) is 14.4. The summed E-state index contributed by atoms with van der Waals surface area (Å²) in [4.78, 5) is 36.8. The van der Waals surface area contributed by atoms with Crippen molar-refractivity contribution in [1.29, 1.82) is 0 Å². The third kappa shape index (κ3) is 5.15. The number of carbonyl (C=O) groups is 3. The number of rotatable bonds is 7. The van der Waals surface area contributed by atoms with Gasteiger partial charge in [-0.15, -0.1) is 0 Å². The number of aryl methyl sites for hydroxylation is 2. The summed E-state index contributed by atoms with van der Waals surface area (Å²) in [5.41, 5.74) is 4.89. The van der Waals surface area contributed by atoms with Crippen molar-refractivity contribution in [2.75, 3.05) is 0 Å². The summed E-state index contributed by atoms with van der Waals surface area (Å²) in [6, 6.07) is -1.32. The number of carbonyl (C=O) groups excluding carboxylic acids is 2. The fourth-order valence-electron chi connectivity index (χ4n) is 1.33. The first-order valence-electron chi connectivity index (χ1n) is 5.48. The molecular formula is C10H14N4O5. The topological polar surface area (TPSA) is 148 Å². The minimum atomic E-state index is -1.32. The van der Waals surface area contributed by atoms with Crippen LogP contribution in [0.2, 0.25) is 0 Å². The summed E-state index contributed by atoms with van der Waals surface area (Å²) in [5, 5.41) is 14.5. The molecule has 0 saturated carbocycles. The first-order chi connectivity index (χ1) is 8.88. The Labute approximate surface area is 108 Å². The average Bonchev–Trinajstić information content (AvgIpc) is 2.71. The molecule has 104 valence electrons. The van der Waals surface area contributed by atoms with Crippen LogP contribution in [0.1, 0.15) is 24.6 Å². The first kappa shape index (κ1) is 14.6. The van der Waals surface area contributed by atoms with E-state index in [-0.39, 0.29) is 18.7 Å². The number of nitrogens with one attached hydrogen (secondary N) is 1. The molecule has 0 aromatic carbocycles. The average molecular weight is 270 g/mol. The number of hydrogen-bond donors (Lipinski definition) is 3.